The van der Waals surface area contributed by atoms with Crippen molar-refractivity contribution in [3.05, 3.63) is 101 Å². The maximum atomic E-state index is 13.0. The normalized spacial score (nSPS) is 10.7. The van der Waals surface area contributed by atoms with E-state index in [0.717, 1.165) is 11.1 Å². The molecule has 4 aromatic rings. The smallest absolute Gasteiger partial charge is 0.216 e. The van der Waals surface area contributed by atoms with Gasteiger partial charge in [0.2, 0.25) is 5.43 Å². The van der Waals surface area contributed by atoms with Crippen molar-refractivity contribution in [2.45, 2.75) is 6.54 Å². The Bertz CT molecular complexity index is 1050. The van der Waals surface area contributed by atoms with Crippen LogP contribution in [0.1, 0.15) is 5.56 Å². The molecular weight excluding hydrogens is 310 g/mol. The lowest BCUT2D eigenvalue weighted by Crippen LogP contribution is -2.13. The van der Waals surface area contributed by atoms with Crippen molar-refractivity contribution >= 4 is 16.7 Å². The molecule has 0 radical (unpaired) electrons. The highest BCUT2D eigenvalue weighted by atomic mass is 16.3. The maximum Gasteiger partial charge on any atom is 0.216 e. The van der Waals surface area contributed by atoms with Gasteiger partial charge in [-0.3, -0.25) is 4.79 Å². The van der Waals surface area contributed by atoms with Gasteiger partial charge >= 0.3 is 0 Å². The van der Waals surface area contributed by atoms with Gasteiger partial charge in [-0.05, 0) is 17.7 Å². The van der Waals surface area contributed by atoms with Gasteiger partial charge in [0.05, 0.1) is 5.39 Å². The van der Waals surface area contributed by atoms with Gasteiger partial charge in [-0.15, -0.1) is 0 Å². The third-order valence-electron chi connectivity index (χ3n) is 4.15. The van der Waals surface area contributed by atoms with Crippen LogP contribution in [0.5, 0.6) is 0 Å². The minimum absolute atomic E-state index is 0.0448. The van der Waals surface area contributed by atoms with Crippen molar-refractivity contribution in [2.75, 3.05) is 5.32 Å². The summed E-state index contributed by atoms with van der Waals surface area (Å²) in [6.07, 6.45) is 0. The maximum absolute atomic E-state index is 13.0. The van der Waals surface area contributed by atoms with Gasteiger partial charge in [0, 0.05) is 12.1 Å². The summed E-state index contributed by atoms with van der Waals surface area (Å²) in [5, 5.41) is 3.86. The van der Waals surface area contributed by atoms with E-state index in [9.17, 15) is 4.79 Å². The first-order valence-electron chi connectivity index (χ1n) is 8.22. The number of fused-ring (bicyclic) bond motifs is 1. The molecule has 0 aliphatic heterocycles. The van der Waals surface area contributed by atoms with Crippen molar-refractivity contribution in [2.24, 2.45) is 0 Å². The highest BCUT2D eigenvalue weighted by Crippen LogP contribution is 2.29. The summed E-state index contributed by atoms with van der Waals surface area (Å²) in [4.78, 5) is 13.0. The summed E-state index contributed by atoms with van der Waals surface area (Å²) in [7, 11) is 0. The Balaban J connectivity index is 1.85. The molecule has 3 heteroatoms. The minimum atomic E-state index is -0.0448. The van der Waals surface area contributed by atoms with Crippen LogP contribution in [0.2, 0.25) is 0 Å². The number of rotatable bonds is 4. The molecule has 0 spiro atoms. The Hall–Kier alpha value is -3.33. The van der Waals surface area contributed by atoms with E-state index in [0.29, 0.717) is 29.0 Å². The third kappa shape index (κ3) is 3.04. The van der Waals surface area contributed by atoms with E-state index in [4.69, 9.17) is 4.42 Å². The van der Waals surface area contributed by atoms with E-state index in [1.165, 1.54) is 0 Å². The van der Waals surface area contributed by atoms with Gasteiger partial charge in [0.15, 0.2) is 5.76 Å². The molecule has 0 aliphatic rings. The fourth-order valence-corrected chi connectivity index (χ4v) is 2.88. The number of anilines is 1. The molecule has 0 saturated heterocycles. The highest BCUT2D eigenvalue weighted by molar-refractivity contribution is 5.85. The topological polar surface area (TPSA) is 42.2 Å². The van der Waals surface area contributed by atoms with E-state index in [1.54, 1.807) is 6.07 Å². The molecule has 122 valence electrons. The molecule has 0 atom stereocenters. The average Bonchev–Trinajstić information content (AvgIpc) is 2.69. The largest absolute Gasteiger partial charge is 0.454 e. The van der Waals surface area contributed by atoms with E-state index in [1.807, 2.05) is 78.9 Å². The highest BCUT2D eigenvalue weighted by Gasteiger charge is 2.15. The lowest BCUT2D eigenvalue weighted by molar-refractivity contribution is 0.620. The summed E-state index contributed by atoms with van der Waals surface area (Å²) in [5.74, 6) is 0.570. The zero-order valence-electron chi connectivity index (χ0n) is 13.6. The van der Waals surface area contributed by atoms with E-state index < -0.39 is 0 Å². The molecule has 3 aromatic carbocycles. The van der Waals surface area contributed by atoms with Crippen molar-refractivity contribution in [1.82, 2.24) is 0 Å². The molecule has 0 unspecified atom stereocenters. The summed E-state index contributed by atoms with van der Waals surface area (Å²) in [5.41, 5.74) is 3.02. The molecule has 1 aromatic heterocycles. The first-order chi connectivity index (χ1) is 12.3. The zero-order valence-corrected chi connectivity index (χ0v) is 13.6. The molecule has 0 amide bonds. The Morgan fingerprint density at radius 3 is 2.16 bits per heavy atom. The van der Waals surface area contributed by atoms with Gasteiger partial charge in [0.1, 0.15) is 11.3 Å². The zero-order chi connectivity index (χ0) is 17.1. The predicted molar refractivity (Wildman–Crippen MR) is 102 cm³/mol. The standard InChI is InChI=1S/C22H17NO2/c24-21-18-13-7-8-14-19(18)25-22(17-11-5-2-6-12-17)20(21)23-15-16-9-3-1-4-10-16/h1-14,23H,15H2. The van der Waals surface area contributed by atoms with Crippen LogP contribution in [0.4, 0.5) is 5.69 Å². The van der Waals surface area contributed by atoms with Crippen LogP contribution < -0.4 is 10.7 Å². The Morgan fingerprint density at radius 1 is 0.760 bits per heavy atom. The lowest BCUT2D eigenvalue weighted by Gasteiger charge is -2.12. The van der Waals surface area contributed by atoms with Gasteiger partial charge < -0.3 is 9.73 Å². The molecule has 4 rings (SSSR count). The number of para-hydroxylation sites is 1. The molecule has 3 nitrogen and oxygen atoms in total. The first kappa shape index (κ1) is 15.2. The van der Waals surface area contributed by atoms with E-state index in [2.05, 4.69) is 5.32 Å². The quantitative estimate of drug-likeness (QED) is 0.569. The molecular formula is C22H17NO2. The van der Waals surface area contributed by atoms with Crippen LogP contribution in [0, 0.1) is 0 Å². The number of hydrogen-bond acceptors (Lipinski definition) is 3. The predicted octanol–water partition coefficient (Wildman–Crippen LogP) is 5.07. The monoisotopic (exact) mass is 327 g/mol. The average molecular weight is 327 g/mol. The summed E-state index contributed by atoms with van der Waals surface area (Å²) >= 11 is 0. The third-order valence-corrected chi connectivity index (χ3v) is 4.15. The molecule has 0 aliphatic carbocycles. The summed E-state index contributed by atoms with van der Waals surface area (Å²) in [6.45, 7) is 0.559. The van der Waals surface area contributed by atoms with Crippen LogP contribution in [0.15, 0.2) is 94.1 Å². The molecule has 0 saturated carbocycles. The second kappa shape index (κ2) is 6.65. The lowest BCUT2D eigenvalue weighted by atomic mass is 10.1. The van der Waals surface area contributed by atoms with Crippen LogP contribution in [0.25, 0.3) is 22.3 Å². The number of benzene rings is 3. The second-order valence-corrected chi connectivity index (χ2v) is 5.84. The molecule has 1 N–H and O–H groups in total. The first-order valence-corrected chi connectivity index (χ1v) is 8.22. The van der Waals surface area contributed by atoms with E-state index in [-0.39, 0.29) is 5.43 Å². The van der Waals surface area contributed by atoms with Crippen molar-refractivity contribution in [3.8, 4) is 11.3 Å². The van der Waals surface area contributed by atoms with Gasteiger partial charge in [0.25, 0.3) is 0 Å². The van der Waals surface area contributed by atoms with Crippen molar-refractivity contribution < 1.29 is 4.42 Å². The van der Waals surface area contributed by atoms with E-state index >= 15 is 0 Å². The Labute approximate surface area is 145 Å². The van der Waals surface area contributed by atoms with Crippen molar-refractivity contribution in [3.63, 3.8) is 0 Å². The molecule has 0 bridgehead atoms. The molecule has 0 fully saturated rings. The molecule has 25 heavy (non-hydrogen) atoms. The van der Waals surface area contributed by atoms with Crippen LogP contribution in [0.3, 0.4) is 0 Å². The summed E-state index contributed by atoms with van der Waals surface area (Å²) in [6, 6.07) is 27.0. The number of nitrogens with one attached hydrogen (secondary N) is 1. The SMILES string of the molecule is O=c1c(NCc2ccccc2)c(-c2ccccc2)oc2ccccc12. The fraction of sp³-hybridized carbons (Fsp3) is 0.0455. The Kier molecular flexibility index (Phi) is 4.05. The van der Waals surface area contributed by atoms with Crippen LogP contribution in [-0.2, 0) is 6.54 Å². The number of hydrogen-bond donors (Lipinski definition) is 1. The minimum Gasteiger partial charge on any atom is -0.454 e. The van der Waals surface area contributed by atoms with Gasteiger partial charge in [-0.25, -0.2) is 0 Å². The van der Waals surface area contributed by atoms with Gasteiger partial charge in [-0.2, -0.15) is 0 Å². The Morgan fingerprint density at radius 2 is 1.40 bits per heavy atom. The summed E-state index contributed by atoms with van der Waals surface area (Å²) < 4.78 is 6.09. The van der Waals surface area contributed by atoms with Crippen molar-refractivity contribution in [1.29, 1.82) is 0 Å². The van der Waals surface area contributed by atoms with Gasteiger partial charge in [-0.1, -0.05) is 72.8 Å². The second-order valence-electron chi connectivity index (χ2n) is 5.84. The fourth-order valence-electron chi connectivity index (χ4n) is 2.88. The molecule has 1 heterocycles. The van der Waals surface area contributed by atoms with Crippen LogP contribution in [-0.4, -0.2) is 0 Å². The van der Waals surface area contributed by atoms with Crippen LogP contribution >= 0.6 is 0 Å².